The van der Waals surface area contributed by atoms with Crippen molar-refractivity contribution in [2.75, 3.05) is 5.73 Å². The highest BCUT2D eigenvalue weighted by atomic mass is 32.2. The highest BCUT2D eigenvalue weighted by Crippen LogP contribution is 2.27. The summed E-state index contributed by atoms with van der Waals surface area (Å²) in [7, 11) is 0. The van der Waals surface area contributed by atoms with Gasteiger partial charge in [-0.25, -0.2) is 4.39 Å². The van der Waals surface area contributed by atoms with E-state index in [0.717, 1.165) is 22.6 Å². The first-order chi connectivity index (χ1) is 8.18. The lowest BCUT2D eigenvalue weighted by molar-refractivity contribution is 0.602. The fourth-order valence-electron chi connectivity index (χ4n) is 1.58. The predicted octanol–water partition coefficient (Wildman–Crippen LogP) is 4.01. The van der Waals surface area contributed by atoms with Gasteiger partial charge in [0.1, 0.15) is 5.82 Å². The monoisotopic (exact) mass is 247 g/mol. The highest BCUT2D eigenvalue weighted by molar-refractivity contribution is 7.98. The van der Waals surface area contributed by atoms with E-state index in [1.807, 2.05) is 31.2 Å². The molecule has 0 radical (unpaired) electrons. The molecule has 17 heavy (non-hydrogen) atoms. The second-order valence-corrected chi connectivity index (χ2v) is 4.87. The Morgan fingerprint density at radius 3 is 2.65 bits per heavy atom. The summed E-state index contributed by atoms with van der Waals surface area (Å²) in [5, 5.41) is 0. The lowest BCUT2D eigenvalue weighted by Gasteiger charge is -2.08. The van der Waals surface area contributed by atoms with Crippen LogP contribution in [0.4, 0.5) is 10.1 Å². The minimum absolute atomic E-state index is 0.168. The normalized spacial score (nSPS) is 10.5. The van der Waals surface area contributed by atoms with Gasteiger partial charge in [-0.1, -0.05) is 24.3 Å². The first-order valence-corrected chi connectivity index (χ1v) is 6.38. The van der Waals surface area contributed by atoms with Gasteiger partial charge in [-0.3, -0.25) is 0 Å². The molecule has 2 aromatic rings. The zero-order valence-electron chi connectivity index (χ0n) is 9.61. The first kappa shape index (κ1) is 12.0. The van der Waals surface area contributed by atoms with Crippen molar-refractivity contribution in [3.63, 3.8) is 0 Å². The molecule has 0 saturated carbocycles. The molecule has 0 aliphatic rings. The van der Waals surface area contributed by atoms with Crippen LogP contribution in [0.15, 0.2) is 47.4 Å². The van der Waals surface area contributed by atoms with E-state index in [1.165, 1.54) is 17.8 Å². The molecule has 0 atom stereocenters. The molecule has 0 aliphatic carbocycles. The number of hydrogen-bond donors (Lipinski definition) is 1. The van der Waals surface area contributed by atoms with Crippen LogP contribution in [-0.4, -0.2) is 0 Å². The third-order valence-electron chi connectivity index (χ3n) is 2.71. The van der Waals surface area contributed by atoms with Crippen LogP contribution in [0.25, 0.3) is 0 Å². The first-order valence-electron chi connectivity index (χ1n) is 5.40. The lowest BCUT2D eigenvalue weighted by Crippen LogP contribution is -1.94. The zero-order valence-corrected chi connectivity index (χ0v) is 10.4. The third-order valence-corrected chi connectivity index (χ3v) is 3.81. The summed E-state index contributed by atoms with van der Waals surface area (Å²) in [5.74, 6) is 0.566. The van der Waals surface area contributed by atoms with Gasteiger partial charge >= 0.3 is 0 Å². The molecule has 0 unspecified atom stereocenters. The SMILES string of the molecule is Cc1c(N)cccc1CSc1ccccc1F. The average molecular weight is 247 g/mol. The Balaban J connectivity index is 2.13. The molecule has 0 spiro atoms. The molecule has 0 heterocycles. The summed E-state index contributed by atoms with van der Waals surface area (Å²) in [6.07, 6.45) is 0. The molecule has 0 fully saturated rings. The Hall–Kier alpha value is -1.48. The maximum atomic E-state index is 13.4. The molecule has 0 aromatic heterocycles. The van der Waals surface area contributed by atoms with Crippen molar-refractivity contribution < 1.29 is 4.39 Å². The fourth-order valence-corrected chi connectivity index (χ4v) is 2.58. The van der Waals surface area contributed by atoms with E-state index in [1.54, 1.807) is 12.1 Å². The Bertz CT molecular complexity index is 525. The van der Waals surface area contributed by atoms with Crippen molar-refractivity contribution in [2.45, 2.75) is 17.6 Å². The smallest absolute Gasteiger partial charge is 0.136 e. The number of thioether (sulfide) groups is 1. The van der Waals surface area contributed by atoms with Gasteiger partial charge in [-0.05, 0) is 36.2 Å². The molecule has 2 aromatic carbocycles. The minimum atomic E-state index is -0.168. The number of anilines is 1. The van der Waals surface area contributed by atoms with E-state index in [9.17, 15) is 4.39 Å². The van der Waals surface area contributed by atoms with E-state index in [0.29, 0.717) is 4.90 Å². The molecule has 0 amide bonds. The van der Waals surface area contributed by atoms with E-state index in [4.69, 9.17) is 5.73 Å². The molecular weight excluding hydrogens is 233 g/mol. The van der Waals surface area contributed by atoms with E-state index < -0.39 is 0 Å². The summed E-state index contributed by atoms with van der Waals surface area (Å²) >= 11 is 1.49. The summed E-state index contributed by atoms with van der Waals surface area (Å²) in [6.45, 7) is 1.99. The molecule has 2 rings (SSSR count). The Labute approximate surface area is 105 Å². The second-order valence-electron chi connectivity index (χ2n) is 3.85. The minimum Gasteiger partial charge on any atom is -0.399 e. The summed E-state index contributed by atoms with van der Waals surface area (Å²) in [6, 6.07) is 12.7. The van der Waals surface area contributed by atoms with Gasteiger partial charge in [-0.2, -0.15) is 0 Å². The van der Waals surface area contributed by atoms with Crippen LogP contribution in [0.2, 0.25) is 0 Å². The summed E-state index contributed by atoms with van der Waals surface area (Å²) < 4.78 is 13.4. The Kier molecular flexibility index (Phi) is 3.69. The van der Waals surface area contributed by atoms with Crippen LogP contribution < -0.4 is 5.73 Å². The van der Waals surface area contributed by atoms with Crippen LogP contribution in [0, 0.1) is 12.7 Å². The number of hydrogen-bond acceptors (Lipinski definition) is 2. The van der Waals surface area contributed by atoms with Crippen molar-refractivity contribution in [1.82, 2.24) is 0 Å². The molecule has 1 nitrogen and oxygen atoms in total. The van der Waals surface area contributed by atoms with Crippen molar-refractivity contribution in [3.8, 4) is 0 Å². The van der Waals surface area contributed by atoms with Gasteiger partial charge in [0.2, 0.25) is 0 Å². The maximum Gasteiger partial charge on any atom is 0.136 e. The van der Waals surface area contributed by atoms with Crippen molar-refractivity contribution >= 4 is 17.4 Å². The van der Waals surface area contributed by atoms with E-state index >= 15 is 0 Å². The lowest BCUT2D eigenvalue weighted by atomic mass is 10.1. The molecule has 88 valence electrons. The molecule has 2 N–H and O–H groups in total. The van der Waals surface area contributed by atoms with Crippen molar-refractivity contribution in [2.24, 2.45) is 0 Å². The molecule has 3 heteroatoms. The number of halogens is 1. The molecule has 0 aliphatic heterocycles. The summed E-state index contributed by atoms with van der Waals surface area (Å²) in [4.78, 5) is 0.675. The van der Waals surface area contributed by atoms with E-state index in [-0.39, 0.29) is 5.82 Å². The van der Waals surface area contributed by atoms with Crippen LogP contribution in [0.1, 0.15) is 11.1 Å². The van der Waals surface area contributed by atoms with Crippen molar-refractivity contribution in [3.05, 3.63) is 59.4 Å². The topological polar surface area (TPSA) is 26.0 Å². The second kappa shape index (κ2) is 5.23. The summed E-state index contributed by atoms with van der Waals surface area (Å²) in [5.41, 5.74) is 8.86. The Morgan fingerprint density at radius 1 is 1.12 bits per heavy atom. The van der Waals surface area contributed by atoms with Gasteiger partial charge in [0.15, 0.2) is 0 Å². The zero-order chi connectivity index (χ0) is 12.3. The number of benzene rings is 2. The predicted molar refractivity (Wildman–Crippen MR) is 71.6 cm³/mol. The quantitative estimate of drug-likeness (QED) is 0.655. The fraction of sp³-hybridized carbons (Fsp3) is 0.143. The number of nitrogen functional groups attached to an aromatic ring is 1. The number of rotatable bonds is 3. The largest absolute Gasteiger partial charge is 0.399 e. The standard InChI is InChI=1S/C14H14FNS/c1-10-11(5-4-7-13(10)16)9-17-14-8-3-2-6-12(14)15/h2-8H,9,16H2,1H3. The maximum absolute atomic E-state index is 13.4. The number of nitrogens with two attached hydrogens (primary N) is 1. The van der Waals surface area contributed by atoms with E-state index in [2.05, 4.69) is 0 Å². The third kappa shape index (κ3) is 2.80. The molecular formula is C14H14FNS. The van der Waals surface area contributed by atoms with Crippen LogP contribution >= 0.6 is 11.8 Å². The van der Waals surface area contributed by atoms with Crippen LogP contribution in [0.3, 0.4) is 0 Å². The van der Waals surface area contributed by atoms with Gasteiger partial charge in [0, 0.05) is 16.3 Å². The average Bonchev–Trinajstić information content (AvgIpc) is 2.33. The van der Waals surface area contributed by atoms with Gasteiger partial charge in [0.25, 0.3) is 0 Å². The molecule has 0 bridgehead atoms. The van der Waals surface area contributed by atoms with Gasteiger partial charge in [0.05, 0.1) is 0 Å². The van der Waals surface area contributed by atoms with Gasteiger partial charge in [-0.15, -0.1) is 11.8 Å². The van der Waals surface area contributed by atoms with Crippen molar-refractivity contribution in [1.29, 1.82) is 0 Å². The Morgan fingerprint density at radius 2 is 1.88 bits per heavy atom. The highest BCUT2D eigenvalue weighted by Gasteiger charge is 2.05. The molecule has 0 saturated heterocycles. The van der Waals surface area contributed by atoms with Crippen LogP contribution in [-0.2, 0) is 5.75 Å². The van der Waals surface area contributed by atoms with Crippen LogP contribution in [0.5, 0.6) is 0 Å². The van der Waals surface area contributed by atoms with Gasteiger partial charge < -0.3 is 5.73 Å².